The highest BCUT2D eigenvalue weighted by Crippen LogP contribution is 2.36. The lowest BCUT2D eigenvalue weighted by Crippen LogP contribution is -2.59. The zero-order valence-corrected chi connectivity index (χ0v) is 24.4. The van der Waals surface area contributed by atoms with Crippen LogP contribution in [0.25, 0.3) is 0 Å². The molecule has 1 aliphatic rings. The van der Waals surface area contributed by atoms with Crippen molar-refractivity contribution in [1.29, 1.82) is 0 Å². The SMILES string of the molecule is CCCC(C)NC(=O)C(c1cccc(C)c1C)N(C(=O)C(NC(=O)OC(C)(C)C)C(C)CC)C1CCC1. The summed E-state index contributed by atoms with van der Waals surface area (Å²) < 4.78 is 5.50. The minimum absolute atomic E-state index is 0.00583. The summed E-state index contributed by atoms with van der Waals surface area (Å²) in [5.74, 6) is -0.534. The van der Waals surface area contributed by atoms with Crippen molar-refractivity contribution < 1.29 is 19.1 Å². The molecule has 1 fully saturated rings. The van der Waals surface area contributed by atoms with Gasteiger partial charge in [0.1, 0.15) is 17.7 Å². The highest BCUT2D eigenvalue weighted by Gasteiger charge is 2.43. The molecule has 0 aliphatic heterocycles. The lowest BCUT2D eigenvalue weighted by atomic mass is 9.85. The van der Waals surface area contributed by atoms with Crippen molar-refractivity contribution in [2.45, 2.75) is 131 Å². The van der Waals surface area contributed by atoms with E-state index in [9.17, 15) is 14.4 Å². The Labute approximate surface area is 224 Å². The molecule has 4 atom stereocenters. The predicted octanol–water partition coefficient (Wildman–Crippen LogP) is 5.97. The number of alkyl carbamates (subject to hydrolysis) is 1. The van der Waals surface area contributed by atoms with Crippen molar-refractivity contribution in [3.8, 4) is 0 Å². The molecule has 37 heavy (non-hydrogen) atoms. The molecule has 0 saturated heterocycles. The second kappa shape index (κ2) is 13.3. The number of hydrogen-bond donors (Lipinski definition) is 2. The van der Waals surface area contributed by atoms with Crippen LogP contribution >= 0.6 is 0 Å². The van der Waals surface area contributed by atoms with E-state index < -0.39 is 23.8 Å². The Kier molecular flexibility index (Phi) is 11.0. The summed E-state index contributed by atoms with van der Waals surface area (Å²) in [7, 11) is 0. The zero-order chi connectivity index (χ0) is 27.9. The van der Waals surface area contributed by atoms with Crippen LogP contribution in [0.4, 0.5) is 4.79 Å². The summed E-state index contributed by atoms with van der Waals surface area (Å²) in [4.78, 5) is 42.9. The molecule has 0 aromatic heterocycles. The van der Waals surface area contributed by atoms with Crippen molar-refractivity contribution in [3.05, 3.63) is 34.9 Å². The number of carbonyl (C=O) groups is 3. The van der Waals surface area contributed by atoms with Gasteiger partial charge in [-0.15, -0.1) is 0 Å². The standard InChI is InChI=1S/C30H49N3O4/c1-10-14-21(5)31-27(34)26(24-18-12-15-20(4)22(24)6)33(23-16-13-17-23)28(35)25(19(3)11-2)32-29(36)37-30(7,8)9/h12,15,18-19,21,23,25-26H,10-11,13-14,16-17H2,1-9H3,(H,31,34)(H,32,36). The monoisotopic (exact) mass is 515 g/mol. The smallest absolute Gasteiger partial charge is 0.408 e. The summed E-state index contributed by atoms with van der Waals surface area (Å²) in [6, 6.07) is 4.29. The minimum atomic E-state index is -0.797. The number of amides is 3. The Bertz CT molecular complexity index is 935. The van der Waals surface area contributed by atoms with Crippen molar-refractivity contribution in [2.24, 2.45) is 5.92 Å². The fourth-order valence-electron chi connectivity index (χ4n) is 4.78. The van der Waals surface area contributed by atoms with Gasteiger partial charge in [-0.05, 0) is 89.8 Å². The molecule has 0 radical (unpaired) electrons. The molecule has 0 spiro atoms. The number of rotatable bonds is 11. The van der Waals surface area contributed by atoms with Crippen LogP contribution in [0.5, 0.6) is 0 Å². The number of aryl methyl sites for hydroxylation is 1. The van der Waals surface area contributed by atoms with Gasteiger partial charge in [-0.2, -0.15) is 0 Å². The summed E-state index contributed by atoms with van der Waals surface area (Å²) in [5, 5.41) is 6.03. The van der Waals surface area contributed by atoms with Gasteiger partial charge < -0.3 is 20.3 Å². The van der Waals surface area contributed by atoms with E-state index in [1.54, 1.807) is 25.7 Å². The Morgan fingerprint density at radius 2 is 1.73 bits per heavy atom. The minimum Gasteiger partial charge on any atom is -0.444 e. The molecule has 2 N–H and O–H groups in total. The first-order chi connectivity index (χ1) is 17.3. The quantitative estimate of drug-likeness (QED) is 0.380. The van der Waals surface area contributed by atoms with Gasteiger partial charge >= 0.3 is 6.09 Å². The number of nitrogens with zero attached hydrogens (tertiary/aromatic N) is 1. The largest absolute Gasteiger partial charge is 0.444 e. The number of ether oxygens (including phenoxy) is 1. The maximum atomic E-state index is 14.4. The highest BCUT2D eigenvalue weighted by molar-refractivity contribution is 5.93. The highest BCUT2D eigenvalue weighted by atomic mass is 16.6. The van der Waals surface area contributed by atoms with Gasteiger partial charge in [-0.25, -0.2) is 4.79 Å². The van der Waals surface area contributed by atoms with E-state index in [0.717, 1.165) is 48.8 Å². The third-order valence-electron chi connectivity index (χ3n) is 7.45. The first kappa shape index (κ1) is 30.7. The number of carbonyl (C=O) groups excluding carboxylic acids is 3. The van der Waals surface area contributed by atoms with E-state index in [-0.39, 0.29) is 29.8 Å². The zero-order valence-electron chi connectivity index (χ0n) is 24.4. The average Bonchev–Trinajstić information content (AvgIpc) is 2.76. The molecule has 1 saturated carbocycles. The molecule has 3 amide bonds. The molecule has 2 rings (SSSR count). The van der Waals surface area contributed by atoms with Crippen LogP contribution in [0.3, 0.4) is 0 Å². The summed E-state index contributed by atoms with van der Waals surface area (Å²) in [6.45, 7) is 17.5. The van der Waals surface area contributed by atoms with Gasteiger partial charge in [0.25, 0.3) is 0 Å². The normalized spacial score (nSPS) is 17.1. The molecule has 0 heterocycles. The third-order valence-corrected chi connectivity index (χ3v) is 7.45. The van der Waals surface area contributed by atoms with Crippen LogP contribution in [0, 0.1) is 19.8 Å². The van der Waals surface area contributed by atoms with Crippen LogP contribution in [0.1, 0.15) is 110 Å². The molecular formula is C30H49N3O4. The van der Waals surface area contributed by atoms with Gasteiger partial charge in [0, 0.05) is 12.1 Å². The Hall–Kier alpha value is -2.57. The van der Waals surface area contributed by atoms with Gasteiger partial charge in [-0.1, -0.05) is 51.8 Å². The van der Waals surface area contributed by atoms with E-state index in [2.05, 4.69) is 17.6 Å². The maximum Gasteiger partial charge on any atom is 0.408 e. The maximum absolute atomic E-state index is 14.4. The van der Waals surface area contributed by atoms with Crippen LogP contribution in [0.15, 0.2) is 18.2 Å². The fraction of sp³-hybridized carbons (Fsp3) is 0.700. The summed E-state index contributed by atoms with van der Waals surface area (Å²) in [5.41, 5.74) is 2.23. The van der Waals surface area contributed by atoms with Crippen molar-refractivity contribution >= 4 is 17.9 Å². The number of benzene rings is 1. The molecule has 1 aromatic rings. The fourth-order valence-corrected chi connectivity index (χ4v) is 4.78. The van der Waals surface area contributed by atoms with Gasteiger partial charge in [0.15, 0.2) is 0 Å². The van der Waals surface area contributed by atoms with E-state index in [0.29, 0.717) is 6.42 Å². The van der Waals surface area contributed by atoms with Crippen LogP contribution in [-0.4, -0.2) is 46.5 Å². The third kappa shape index (κ3) is 8.21. The average molecular weight is 516 g/mol. The molecular weight excluding hydrogens is 466 g/mol. The predicted molar refractivity (Wildman–Crippen MR) is 148 cm³/mol. The molecule has 4 unspecified atom stereocenters. The lowest BCUT2D eigenvalue weighted by molar-refractivity contribution is -0.148. The first-order valence-corrected chi connectivity index (χ1v) is 14.0. The topological polar surface area (TPSA) is 87.7 Å². The van der Waals surface area contributed by atoms with E-state index in [1.165, 1.54) is 0 Å². The Morgan fingerprint density at radius 1 is 1.08 bits per heavy atom. The molecule has 1 aliphatic carbocycles. The van der Waals surface area contributed by atoms with Gasteiger partial charge in [0.05, 0.1) is 0 Å². The Balaban J connectivity index is 2.56. The van der Waals surface area contributed by atoms with Crippen molar-refractivity contribution in [1.82, 2.24) is 15.5 Å². The van der Waals surface area contributed by atoms with Gasteiger partial charge in [0.2, 0.25) is 11.8 Å². The van der Waals surface area contributed by atoms with Crippen molar-refractivity contribution in [2.75, 3.05) is 0 Å². The number of hydrogen-bond acceptors (Lipinski definition) is 4. The van der Waals surface area contributed by atoms with Crippen LogP contribution < -0.4 is 10.6 Å². The number of nitrogens with one attached hydrogen (secondary N) is 2. The summed E-state index contributed by atoms with van der Waals surface area (Å²) >= 11 is 0. The van der Waals surface area contributed by atoms with E-state index in [4.69, 9.17) is 4.74 Å². The second-order valence-electron chi connectivity index (χ2n) is 11.7. The van der Waals surface area contributed by atoms with Crippen LogP contribution in [0.2, 0.25) is 0 Å². The second-order valence-corrected chi connectivity index (χ2v) is 11.7. The van der Waals surface area contributed by atoms with Crippen molar-refractivity contribution in [3.63, 3.8) is 0 Å². The van der Waals surface area contributed by atoms with E-state index >= 15 is 0 Å². The first-order valence-electron chi connectivity index (χ1n) is 14.0. The molecule has 7 heteroatoms. The lowest BCUT2D eigenvalue weighted by Gasteiger charge is -2.45. The van der Waals surface area contributed by atoms with E-state index in [1.807, 2.05) is 52.8 Å². The molecule has 7 nitrogen and oxygen atoms in total. The van der Waals surface area contributed by atoms with Crippen LogP contribution in [-0.2, 0) is 14.3 Å². The van der Waals surface area contributed by atoms with Gasteiger partial charge in [-0.3, -0.25) is 9.59 Å². The molecule has 0 bridgehead atoms. The molecule has 1 aromatic carbocycles. The molecule has 208 valence electrons. The Morgan fingerprint density at radius 3 is 2.24 bits per heavy atom. The summed E-state index contributed by atoms with van der Waals surface area (Å²) in [6.07, 6.45) is 4.57.